The van der Waals surface area contributed by atoms with E-state index in [1.54, 1.807) is 0 Å². The van der Waals surface area contributed by atoms with E-state index in [0.717, 1.165) is 47.5 Å². The Labute approximate surface area is 194 Å². The van der Waals surface area contributed by atoms with E-state index in [4.69, 9.17) is 0 Å². The summed E-state index contributed by atoms with van der Waals surface area (Å²) in [6.07, 6.45) is 7.58. The van der Waals surface area contributed by atoms with Gasteiger partial charge in [-0.3, -0.25) is 9.59 Å². The molecule has 4 aliphatic rings. The van der Waals surface area contributed by atoms with Crippen molar-refractivity contribution in [2.75, 3.05) is 5.75 Å². The first-order chi connectivity index (χ1) is 15.5. The molecular formula is C27H32N2O2S. The Balaban J connectivity index is 1.20. The molecule has 2 aromatic carbocycles. The normalized spacial score (nSPS) is 28.8. The largest absolute Gasteiger partial charge is 0.350 e. The van der Waals surface area contributed by atoms with Crippen LogP contribution < -0.4 is 10.6 Å². The zero-order chi connectivity index (χ0) is 22.1. The van der Waals surface area contributed by atoms with Gasteiger partial charge >= 0.3 is 0 Å². The Morgan fingerprint density at radius 1 is 0.938 bits per heavy atom. The lowest BCUT2D eigenvalue weighted by molar-refractivity contribution is -0.124. The standard InChI is InChI=1S/C27H32N2O2S/c1-18(22-7-3-2-4-8-22)28-26(31)23-9-5-6-10-24(23)32-17-25(30)29-27-14-19-11-20(15-27)13-21(12-19)16-27/h2-10,18-21H,11-17H2,1H3,(H,28,31)(H,29,30)/t18-,19?,20?,21?,27?/m0/s1. The van der Waals surface area contributed by atoms with Crippen LogP contribution in [0, 0.1) is 17.8 Å². The lowest BCUT2D eigenvalue weighted by Crippen LogP contribution is -2.60. The van der Waals surface area contributed by atoms with Crippen LogP contribution in [0.15, 0.2) is 59.5 Å². The molecule has 4 aliphatic carbocycles. The average molecular weight is 449 g/mol. The Hall–Kier alpha value is -2.27. The van der Waals surface area contributed by atoms with Crippen molar-refractivity contribution in [2.45, 2.75) is 61.9 Å². The maximum Gasteiger partial charge on any atom is 0.252 e. The number of hydrogen-bond donors (Lipinski definition) is 2. The molecule has 4 nitrogen and oxygen atoms in total. The summed E-state index contributed by atoms with van der Waals surface area (Å²) in [5, 5.41) is 6.53. The van der Waals surface area contributed by atoms with Crippen LogP contribution in [0.25, 0.3) is 0 Å². The van der Waals surface area contributed by atoms with E-state index in [1.807, 2.05) is 61.5 Å². The van der Waals surface area contributed by atoms with Crippen molar-refractivity contribution in [3.63, 3.8) is 0 Å². The van der Waals surface area contributed by atoms with E-state index < -0.39 is 0 Å². The average Bonchev–Trinajstić information content (AvgIpc) is 2.77. The minimum atomic E-state index is -0.106. The fraction of sp³-hybridized carbons (Fsp3) is 0.481. The second kappa shape index (κ2) is 8.93. The highest BCUT2D eigenvalue weighted by molar-refractivity contribution is 8.00. The van der Waals surface area contributed by atoms with E-state index >= 15 is 0 Å². The monoisotopic (exact) mass is 448 g/mol. The molecule has 5 heteroatoms. The van der Waals surface area contributed by atoms with Crippen molar-refractivity contribution in [2.24, 2.45) is 17.8 Å². The molecule has 0 unspecified atom stereocenters. The summed E-state index contributed by atoms with van der Waals surface area (Å²) in [5.41, 5.74) is 1.73. The number of thioether (sulfide) groups is 1. The zero-order valence-electron chi connectivity index (χ0n) is 18.7. The van der Waals surface area contributed by atoms with Crippen LogP contribution in [0.3, 0.4) is 0 Å². The predicted octanol–water partition coefficient (Wildman–Crippen LogP) is 5.35. The number of nitrogens with one attached hydrogen (secondary N) is 2. The molecule has 0 saturated heterocycles. The summed E-state index contributed by atoms with van der Waals surface area (Å²) >= 11 is 1.46. The zero-order valence-corrected chi connectivity index (χ0v) is 19.5. The Morgan fingerprint density at radius 2 is 1.53 bits per heavy atom. The molecule has 0 heterocycles. The maximum atomic E-state index is 13.0. The SMILES string of the molecule is C[C@H](NC(=O)c1ccccc1SCC(=O)NC12CC3CC(CC(C3)C1)C2)c1ccccc1. The van der Waals surface area contributed by atoms with Crippen molar-refractivity contribution in [1.82, 2.24) is 10.6 Å². The van der Waals surface area contributed by atoms with Gasteiger partial charge in [-0.25, -0.2) is 0 Å². The Kier molecular flexibility index (Phi) is 6.02. The van der Waals surface area contributed by atoms with Gasteiger partial charge in [-0.05, 0) is 80.9 Å². The number of carbonyl (C=O) groups excluding carboxylic acids is 2. The summed E-state index contributed by atoms with van der Waals surface area (Å²) in [7, 11) is 0. The third-order valence-electron chi connectivity index (χ3n) is 7.58. The molecular weight excluding hydrogens is 416 g/mol. The molecule has 2 N–H and O–H groups in total. The van der Waals surface area contributed by atoms with Crippen LogP contribution in [0.4, 0.5) is 0 Å². The summed E-state index contributed by atoms with van der Waals surface area (Å²) in [5.74, 6) is 2.77. The molecule has 0 radical (unpaired) electrons. The molecule has 6 rings (SSSR count). The third-order valence-corrected chi connectivity index (χ3v) is 8.65. The Morgan fingerprint density at radius 3 is 2.19 bits per heavy atom. The van der Waals surface area contributed by atoms with Gasteiger partial charge in [0.1, 0.15) is 0 Å². The number of carbonyl (C=O) groups is 2. The van der Waals surface area contributed by atoms with Gasteiger partial charge in [0, 0.05) is 10.4 Å². The predicted molar refractivity (Wildman–Crippen MR) is 129 cm³/mol. The van der Waals surface area contributed by atoms with Crippen molar-refractivity contribution < 1.29 is 9.59 Å². The van der Waals surface area contributed by atoms with Crippen molar-refractivity contribution in [1.29, 1.82) is 0 Å². The van der Waals surface area contributed by atoms with Crippen LogP contribution in [-0.2, 0) is 4.79 Å². The summed E-state index contributed by atoms with van der Waals surface area (Å²) < 4.78 is 0. The van der Waals surface area contributed by atoms with Gasteiger partial charge in [-0.15, -0.1) is 11.8 Å². The molecule has 168 valence electrons. The van der Waals surface area contributed by atoms with Crippen LogP contribution in [0.1, 0.15) is 67.4 Å². The van der Waals surface area contributed by atoms with E-state index in [0.29, 0.717) is 11.3 Å². The van der Waals surface area contributed by atoms with Crippen LogP contribution in [0.2, 0.25) is 0 Å². The van der Waals surface area contributed by atoms with Gasteiger partial charge < -0.3 is 10.6 Å². The minimum Gasteiger partial charge on any atom is -0.350 e. The minimum absolute atomic E-state index is 0.0361. The molecule has 4 fully saturated rings. The number of amides is 2. The van der Waals surface area contributed by atoms with Gasteiger partial charge in [-0.2, -0.15) is 0 Å². The first kappa shape index (κ1) is 21.6. The van der Waals surface area contributed by atoms with Gasteiger partial charge in [0.15, 0.2) is 0 Å². The summed E-state index contributed by atoms with van der Waals surface area (Å²) in [4.78, 5) is 26.7. The molecule has 2 aromatic rings. The molecule has 0 aliphatic heterocycles. The van der Waals surface area contributed by atoms with Crippen LogP contribution >= 0.6 is 11.8 Å². The number of hydrogen-bond acceptors (Lipinski definition) is 3. The number of rotatable bonds is 7. The summed E-state index contributed by atoms with van der Waals surface area (Å²) in [6, 6.07) is 17.4. The van der Waals surface area contributed by atoms with Gasteiger partial charge in [-0.1, -0.05) is 42.5 Å². The molecule has 4 saturated carbocycles. The molecule has 1 atom stereocenters. The molecule has 0 spiro atoms. The third kappa shape index (κ3) is 4.59. The van der Waals surface area contributed by atoms with Gasteiger partial charge in [0.25, 0.3) is 5.91 Å². The van der Waals surface area contributed by atoms with E-state index in [-0.39, 0.29) is 23.4 Å². The van der Waals surface area contributed by atoms with Gasteiger partial charge in [0.05, 0.1) is 17.4 Å². The molecule has 4 bridgehead atoms. The highest BCUT2D eigenvalue weighted by Crippen LogP contribution is 2.55. The molecule has 2 amide bonds. The smallest absolute Gasteiger partial charge is 0.252 e. The van der Waals surface area contributed by atoms with Crippen LogP contribution in [-0.4, -0.2) is 23.1 Å². The van der Waals surface area contributed by atoms with E-state index in [2.05, 4.69) is 10.6 Å². The van der Waals surface area contributed by atoms with Crippen molar-refractivity contribution >= 4 is 23.6 Å². The second-order valence-electron chi connectivity index (χ2n) is 10.1. The molecule has 0 aromatic heterocycles. The second-order valence-corrected chi connectivity index (χ2v) is 11.2. The van der Waals surface area contributed by atoms with Crippen LogP contribution in [0.5, 0.6) is 0 Å². The fourth-order valence-corrected chi connectivity index (χ4v) is 7.47. The van der Waals surface area contributed by atoms with E-state index in [1.165, 1.54) is 31.0 Å². The fourth-order valence-electron chi connectivity index (χ4n) is 6.62. The van der Waals surface area contributed by atoms with Crippen molar-refractivity contribution in [3.05, 3.63) is 65.7 Å². The highest BCUT2D eigenvalue weighted by Gasteiger charge is 2.51. The first-order valence-corrected chi connectivity index (χ1v) is 12.9. The highest BCUT2D eigenvalue weighted by atomic mass is 32.2. The maximum absolute atomic E-state index is 13.0. The first-order valence-electron chi connectivity index (χ1n) is 11.9. The van der Waals surface area contributed by atoms with Crippen molar-refractivity contribution in [3.8, 4) is 0 Å². The lowest BCUT2D eigenvalue weighted by Gasteiger charge is -2.56. The number of benzene rings is 2. The van der Waals surface area contributed by atoms with E-state index in [9.17, 15) is 9.59 Å². The van der Waals surface area contributed by atoms with Gasteiger partial charge in [0.2, 0.25) is 5.91 Å². The lowest BCUT2D eigenvalue weighted by atomic mass is 9.53. The topological polar surface area (TPSA) is 58.2 Å². The molecule has 32 heavy (non-hydrogen) atoms. The quantitative estimate of drug-likeness (QED) is 0.561. The summed E-state index contributed by atoms with van der Waals surface area (Å²) in [6.45, 7) is 1.99. The Bertz CT molecular complexity index is 955.